The van der Waals surface area contributed by atoms with Gasteiger partial charge in [-0.25, -0.2) is 0 Å². The minimum absolute atomic E-state index is 0.864. The molecular formula is C18H17NO. The quantitative estimate of drug-likeness (QED) is 0.638. The van der Waals surface area contributed by atoms with Crippen LogP contribution in [0.1, 0.15) is 5.56 Å². The minimum Gasteiger partial charge on any atom is -0.497 e. The normalized spacial score (nSPS) is 10.7. The summed E-state index contributed by atoms with van der Waals surface area (Å²) in [6, 6.07) is 16.6. The first-order chi connectivity index (χ1) is 9.83. The number of pyridine rings is 1. The lowest BCUT2D eigenvalue weighted by molar-refractivity contribution is 0.415. The largest absolute Gasteiger partial charge is 0.497 e. The first-order valence-electron chi connectivity index (χ1n) is 6.68. The summed E-state index contributed by atoms with van der Waals surface area (Å²) in [5.41, 5.74) is 4.91. The first kappa shape index (κ1) is 12.5. The molecule has 0 atom stereocenters. The van der Waals surface area contributed by atoms with Crippen LogP contribution in [0.3, 0.4) is 0 Å². The van der Waals surface area contributed by atoms with Gasteiger partial charge in [0, 0.05) is 11.7 Å². The molecule has 0 fully saturated rings. The molecule has 0 N–H and O–H groups in total. The van der Waals surface area contributed by atoms with Crippen molar-refractivity contribution in [2.45, 2.75) is 6.42 Å². The standard InChI is InChI=1S/C18H17NO/c1-3-6-15-13-16-7-4-5-12-19(16)18(15)14-8-10-17(20-2)11-9-14/h3-5,7-13H,1,6H2,2H3. The molecule has 0 aliphatic rings. The summed E-state index contributed by atoms with van der Waals surface area (Å²) in [4.78, 5) is 0. The fourth-order valence-electron chi connectivity index (χ4n) is 2.56. The van der Waals surface area contributed by atoms with Crippen LogP contribution in [-0.4, -0.2) is 11.5 Å². The van der Waals surface area contributed by atoms with E-state index in [-0.39, 0.29) is 0 Å². The molecule has 0 unspecified atom stereocenters. The van der Waals surface area contributed by atoms with Crippen molar-refractivity contribution in [1.29, 1.82) is 0 Å². The van der Waals surface area contributed by atoms with Crippen LogP contribution in [0.4, 0.5) is 0 Å². The summed E-state index contributed by atoms with van der Waals surface area (Å²) in [6.45, 7) is 3.86. The van der Waals surface area contributed by atoms with Crippen LogP contribution in [0.25, 0.3) is 16.8 Å². The number of allylic oxidation sites excluding steroid dienone is 1. The van der Waals surface area contributed by atoms with Gasteiger partial charge in [-0.05, 0) is 60.0 Å². The van der Waals surface area contributed by atoms with Gasteiger partial charge in [-0.3, -0.25) is 0 Å². The summed E-state index contributed by atoms with van der Waals surface area (Å²) >= 11 is 0. The van der Waals surface area contributed by atoms with E-state index in [2.05, 4.69) is 53.6 Å². The molecule has 0 aliphatic carbocycles. The Morgan fingerprint density at radius 2 is 1.95 bits per heavy atom. The van der Waals surface area contributed by atoms with Crippen LogP contribution in [0.5, 0.6) is 5.75 Å². The molecule has 3 rings (SSSR count). The summed E-state index contributed by atoms with van der Waals surface area (Å²) in [5, 5.41) is 0. The van der Waals surface area contributed by atoms with Gasteiger partial charge in [0.1, 0.15) is 5.75 Å². The second kappa shape index (κ2) is 5.25. The van der Waals surface area contributed by atoms with E-state index in [4.69, 9.17) is 4.74 Å². The highest BCUT2D eigenvalue weighted by atomic mass is 16.5. The zero-order valence-electron chi connectivity index (χ0n) is 11.5. The fraction of sp³-hybridized carbons (Fsp3) is 0.111. The van der Waals surface area contributed by atoms with Crippen LogP contribution in [-0.2, 0) is 6.42 Å². The number of aromatic nitrogens is 1. The Bertz CT molecular complexity index is 738. The first-order valence-corrected chi connectivity index (χ1v) is 6.68. The number of ether oxygens (including phenoxy) is 1. The third kappa shape index (κ3) is 2.10. The molecular weight excluding hydrogens is 246 g/mol. The van der Waals surface area contributed by atoms with E-state index in [0.29, 0.717) is 0 Å². The Hall–Kier alpha value is -2.48. The maximum absolute atomic E-state index is 5.23. The maximum Gasteiger partial charge on any atom is 0.118 e. The van der Waals surface area contributed by atoms with E-state index in [0.717, 1.165) is 12.2 Å². The predicted octanol–water partition coefficient (Wildman–Crippen LogP) is 4.34. The molecule has 100 valence electrons. The van der Waals surface area contributed by atoms with Gasteiger partial charge >= 0.3 is 0 Å². The Morgan fingerprint density at radius 1 is 1.15 bits per heavy atom. The highest BCUT2D eigenvalue weighted by Gasteiger charge is 2.11. The Kier molecular flexibility index (Phi) is 3.30. The van der Waals surface area contributed by atoms with Crippen molar-refractivity contribution >= 4 is 5.52 Å². The van der Waals surface area contributed by atoms with Crippen LogP contribution in [0, 0.1) is 0 Å². The molecule has 3 aromatic rings. The van der Waals surface area contributed by atoms with E-state index in [1.54, 1.807) is 7.11 Å². The number of nitrogens with zero attached hydrogens (tertiary/aromatic N) is 1. The molecule has 2 nitrogen and oxygen atoms in total. The van der Waals surface area contributed by atoms with E-state index < -0.39 is 0 Å². The number of hydrogen-bond donors (Lipinski definition) is 0. The molecule has 0 saturated carbocycles. The van der Waals surface area contributed by atoms with E-state index in [9.17, 15) is 0 Å². The van der Waals surface area contributed by atoms with Crippen LogP contribution < -0.4 is 4.74 Å². The monoisotopic (exact) mass is 263 g/mol. The zero-order valence-corrected chi connectivity index (χ0v) is 11.5. The SMILES string of the molecule is C=CCc1cc2ccccn2c1-c1ccc(OC)cc1. The van der Waals surface area contributed by atoms with Crippen molar-refractivity contribution in [1.82, 2.24) is 4.40 Å². The summed E-state index contributed by atoms with van der Waals surface area (Å²) in [6.07, 6.45) is 4.91. The predicted molar refractivity (Wildman–Crippen MR) is 83.3 cm³/mol. The van der Waals surface area contributed by atoms with Gasteiger partial charge in [-0.1, -0.05) is 12.1 Å². The van der Waals surface area contributed by atoms with Crippen LogP contribution in [0.15, 0.2) is 67.4 Å². The third-order valence-corrected chi connectivity index (χ3v) is 3.49. The van der Waals surface area contributed by atoms with Crippen molar-refractivity contribution in [3.63, 3.8) is 0 Å². The summed E-state index contributed by atoms with van der Waals surface area (Å²) in [5.74, 6) is 0.875. The van der Waals surface area contributed by atoms with E-state index in [1.807, 2.05) is 18.2 Å². The number of fused-ring (bicyclic) bond motifs is 1. The third-order valence-electron chi connectivity index (χ3n) is 3.49. The lowest BCUT2D eigenvalue weighted by Crippen LogP contribution is -1.91. The van der Waals surface area contributed by atoms with E-state index >= 15 is 0 Å². The molecule has 0 bridgehead atoms. The fourth-order valence-corrected chi connectivity index (χ4v) is 2.56. The maximum atomic E-state index is 5.23. The van der Waals surface area contributed by atoms with Crippen molar-refractivity contribution in [2.75, 3.05) is 7.11 Å². The molecule has 0 amide bonds. The average Bonchev–Trinajstić information content (AvgIpc) is 2.86. The van der Waals surface area contributed by atoms with Gasteiger partial charge in [0.2, 0.25) is 0 Å². The molecule has 0 saturated heterocycles. The van der Waals surface area contributed by atoms with Crippen molar-refractivity contribution < 1.29 is 4.74 Å². The average molecular weight is 263 g/mol. The lowest BCUT2D eigenvalue weighted by atomic mass is 10.1. The van der Waals surface area contributed by atoms with Gasteiger partial charge in [0.05, 0.1) is 12.8 Å². The Morgan fingerprint density at radius 3 is 2.65 bits per heavy atom. The number of hydrogen-bond acceptors (Lipinski definition) is 1. The van der Waals surface area contributed by atoms with Crippen LogP contribution >= 0.6 is 0 Å². The zero-order chi connectivity index (χ0) is 13.9. The van der Waals surface area contributed by atoms with Crippen molar-refractivity contribution in [3.8, 4) is 17.0 Å². The number of rotatable bonds is 4. The second-order valence-corrected chi connectivity index (χ2v) is 4.73. The highest BCUT2D eigenvalue weighted by molar-refractivity contribution is 5.72. The molecule has 20 heavy (non-hydrogen) atoms. The number of methoxy groups -OCH3 is 1. The molecule has 1 aromatic carbocycles. The molecule has 2 aromatic heterocycles. The van der Waals surface area contributed by atoms with Crippen molar-refractivity contribution in [2.24, 2.45) is 0 Å². The molecule has 0 aliphatic heterocycles. The van der Waals surface area contributed by atoms with Gasteiger partial charge in [-0.15, -0.1) is 6.58 Å². The van der Waals surface area contributed by atoms with E-state index in [1.165, 1.54) is 22.3 Å². The van der Waals surface area contributed by atoms with Gasteiger partial charge in [0.25, 0.3) is 0 Å². The number of benzene rings is 1. The highest BCUT2D eigenvalue weighted by Crippen LogP contribution is 2.29. The summed E-state index contributed by atoms with van der Waals surface area (Å²) in [7, 11) is 1.69. The molecule has 0 spiro atoms. The molecule has 0 radical (unpaired) electrons. The minimum atomic E-state index is 0.864. The Labute approximate surface area is 118 Å². The molecule has 2 heteroatoms. The van der Waals surface area contributed by atoms with Crippen molar-refractivity contribution in [3.05, 3.63) is 72.9 Å². The van der Waals surface area contributed by atoms with Gasteiger partial charge < -0.3 is 9.14 Å². The Balaban J connectivity index is 2.21. The van der Waals surface area contributed by atoms with Gasteiger partial charge in [0.15, 0.2) is 0 Å². The summed E-state index contributed by atoms with van der Waals surface area (Å²) < 4.78 is 7.45. The lowest BCUT2D eigenvalue weighted by Gasteiger charge is -2.07. The topological polar surface area (TPSA) is 13.6 Å². The van der Waals surface area contributed by atoms with Crippen LogP contribution in [0.2, 0.25) is 0 Å². The van der Waals surface area contributed by atoms with Gasteiger partial charge in [-0.2, -0.15) is 0 Å². The molecule has 2 heterocycles. The second-order valence-electron chi connectivity index (χ2n) is 4.73. The smallest absolute Gasteiger partial charge is 0.118 e.